The van der Waals surface area contributed by atoms with Crippen LogP contribution < -0.4 is 0 Å². The van der Waals surface area contributed by atoms with Crippen LogP contribution >= 0.6 is 0 Å². The lowest BCUT2D eigenvalue weighted by Gasteiger charge is -2.30. The van der Waals surface area contributed by atoms with Crippen LogP contribution in [0.3, 0.4) is 0 Å². The summed E-state index contributed by atoms with van der Waals surface area (Å²) in [7, 11) is 0. The van der Waals surface area contributed by atoms with E-state index in [2.05, 4.69) is 11.2 Å². The molecule has 2 aliphatic heterocycles. The van der Waals surface area contributed by atoms with Gasteiger partial charge in [-0.3, -0.25) is 4.79 Å². The van der Waals surface area contributed by atoms with Crippen molar-refractivity contribution in [2.24, 2.45) is 5.16 Å². The van der Waals surface area contributed by atoms with Gasteiger partial charge in [-0.2, -0.15) is 0 Å². The summed E-state index contributed by atoms with van der Waals surface area (Å²) in [6.07, 6.45) is 0.484. The number of halogens is 1. The number of hydrogen-bond donors (Lipinski definition) is 0. The molecule has 24 heavy (non-hydrogen) atoms. The number of hydrogen-bond acceptors (Lipinski definition) is 3. The molecule has 0 fully saturated rings. The van der Waals surface area contributed by atoms with E-state index in [1.54, 1.807) is 23.1 Å². The van der Waals surface area contributed by atoms with Gasteiger partial charge in [0.25, 0.3) is 5.91 Å². The molecule has 0 spiro atoms. The third-order valence-electron chi connectivity index (χ3n) is 4.57. The van der Waals surface area contributed by atoms with Gasteiger partial charge < -0.3 is 9.74 Å². The molecule has 1 atom stereocenters. The first kappa shape index (κ1) is 14.9. The van der Waals surface area contributed by atoms with Crippen LogP contribution in [-0.2, 0) is 22.6 Å². The lowest BCUT2D eigenvalue weighted by molar-refractivity contribution is -0.143. The van der Waals surface area contributed by atoms with Gasteiger partial charge in [0.15, 0.2) is 0 Å². The highest BCUT2D eigenvalue weighted by atomic mass is 19.1. The van der Waals surface area contributed by atoms with E-state index in [1.165, 1.54) is 17.2 Å². The second-order valence-corrected chi connectivity index (χ2v) is 6.09. The van der Waals surface area contributed by atoms with Crippen molar-refractivity contribution in [3.05, 3.63) is 71.0 Å². The molecule has 0 saturated heterocycles. The van der Waals surface area contributed by atoms with Crippen LogP contribution in [0.5, 0.6) is 0 Å². The van der Waals surface area contributed by atoms with Crippen LogP contribution in [0.1, 0.15) is 23.1 Å². The molecule has 4 nitrogen and oxygen atoms in total. The van der Waals surface area contributed by atoms with E-state index >= 15 is 0 Å². The van der Waals surface area contributed by atoms with Gasteiger partial charge in [-0.25, -0.2) is 4.39 Å². The quantitative estimate of drug-likeness (QED) is 0.852. The normalized spacial score (nSPS) is 19.5. The van der Waals surface area contributed by atoms with E-state index in [4.69, 9.17) is 4.84 Å². The van der Waals surface area contributed by atoms with Gasteiger partial charge >= 0.3 is 0 Å². The van der Waals surface area contributed by atoms with Crippen molar-refractivity contribution in [1.82, 2.24) is 4.90 Å². The molecular formula is C19H17FN2O2. The summed E-state index contributed by atoms with van der Waals surface area (Å²) in [5, 5.41) is 3.94. The molecule has 2 aromatic rings. The Morgan fingerprint density at radius 3 is 2.71 bits per heavy atom. The van der Waals surface area contributed by atoms with Crippen LogP contribution in [0, 0.1) is 5.82 Å². The fourth-order valence-corrected chi connectivity index (χ4v) is 3.25. The van der Waals surface area contributed by atoms with Crippen LogP contribution in [0.25, 0.3) is 0 Å². The van der Waals surface area contributed by atoms with Crippen LogP contribution in [0.4, 0.5) is 4.39 Å². The average Bonchev–Trinajstić information content (AvgIpc) is 3.11. The monoisotopic (exact) mass is 324 g/mol. The SMILES string of the molecule is O=C(C1CC(c2ccccc2F)=NO1)N1CCc2ccccc2C1. The van der Waals surface area contributed by atoms with Gasteiger partial charge in [0.2, 0.25) is 6.10 Å². The van der Waals surface area contributed by atoms with Gasteiger partial charge in [-0.05, 0) is 23.6 Å². The molecule has 0 aromatic heterocycles. The molecule has 0 N–H and O–H groups in total. The maximum absolute atomic E-state index is 13.9. The number of nitrogens with zero attached hydrogens (tertiary/aromatic N) is 2. The Labute approximate surface area is 139 Å². The molecule has 2 heterocycles. The summed E-state index contributed by atoms with van der Waals surface area (Å²) in [4.78, 5) is 19.8. The van der Waals surface area contributed by atoms with E-state index in [1.807, 2.05) is 18.2 Å². The van der Waals surface area contributed by atoms with E-state index < -0.39 is 6.10 Å². The van der Waals surface area contributed by atoms with Crippen LogP contribution in [-0.4, -0.2) is 29.2 Å². The number of benzene rings is 2. The Morgan fingerprint density at radius 2 is 1.88 bits per heavy atom. The van der Waals surface area contributed by atoms with Crippen molar-refractivity contribution < 1.29 is 14.0 Å². The number of oxime groups is 1. The maximum Gasteiger partial charge on any atom is 0.267 e. The lowest BCUT2D eigenvalue weighted by Crippen LogP contribution is -2.42. The third-order valence-corrected chi connectivity index (χ3v) is 4.57. The number of rotatable bonds is 2. The zero-order chi connectivity index (χ0) is 16.5. The van der Waals surface area contributed by atoms with E-state index in [-0.39, 0.29) is 11.7 Å². The summed E-state index contributed by atoms with van der Waals surface area (Å²) in [5.74, 6) is -0.431. The molecule has 0 radical (unpaired) electrons. The van der Waals surface area contributed by atoms with Gasteiger partial charge in [0.1, 0.15) is 5.82 Å². The number of amides is 1. The van der Waals surface area contributed by atoms with Crippen molar-refractivity contribution in [3.8, 4) is 0 Å². The summed E-state index contributed by atoms with van der Waals surface area (Å²) in [5.41, 5.74) is 3.35. The predicted octanol–water partition coefficient (Wildman–Crippen LogP) is 2.90. The fraction of sp³-hybridized carbons (Fsp3) is 0.263. The van der Waals surface area contributed by atoms with E-state index in [9.17, 15) is 9.18 Å². The summed E-state index contributed by atoms with van der Waals surface area (Å²) in [6.45, 7) is 1.26. The third kappa shape index (κ3) is 2.66. The average molecular weight is 324 g/mol. The molecule has 4 rings (SSSR count). The molecule has 2 aliphatic rings. The Hall–Kier alpha value is -2.69. The molecule has 0 saturated carbocycles. The topological polar surface area (TPSA) is 41.9 Å². The highest BCUT2D eigenvalue weighted by Gasteiger charge is 2.34. The molecule has 0 bridgehead atoms. The lowest BCUT2D eigenvalue weighted by atomic mass is 9.98. The molecular weight excluding hydrogens is 307 g/mol. The Bertz CT molecular complexity index is 819. The summed E-state index contributed by atoms with van der Waals surface area (Å²) < 4.78 is 13.9. The van der Waals surface area contributed by atoms with Crippen molar-refractivity contribution in [2.75, 3.05) is 6.54 Å². The molecule has 5 heteroatoms. The van der Waals surface area contributed by atoms with Gasteiger partial charge in [-0.15, -0.1) is 0 Å². The van der Waals surface area contributed by atoms with Crippen molar-refractivity contribution in [2.45, 2.75) is 25.5 Å². The van der Waals surface area contributed by atoms with E-state index in [0.29, 0.717) is 30.8 Å². The predicted molar refractivity (Wildman–Crippen MR) is 88.0 cm³/mol. The highest BCUT2D eigenvalue weighted by molar-refractivity contribution is 6.04. The number of fused-ring (bicyclic) bond motifs is 1. The standard InChI is InChI=1S/C19H17FN2O2/c20-16-8-4-3-7-15(16)17-11-18(24-21-17)19(23)22-10-9-13-5-1-2-6-14(13)12-22/h1-8,18H,9-12H2. The van der Waals surface area contributed by atoms with E-state index in [0.717, 1.165) is 6.42 Å². The fourth-order valence-electron chi connectivity index (χ4n) is 3.25. The highest BCUT2D eigenvalue weighted by Crippen LogP contribution is 2.24. The number of carbonyl (C=O) groups is 1. The molecule has 122 valence electrons. The van der Waals surface area contributed by atoms with Gasteiger partial charge in [-0.1, -0.05) is 47.6 Å². The summed E-state index contributed by atoms with van der Waals surface area (Å²) >= 11 is 0. The Morgan fingerprint density at radius 1 is 1.12 bits per heavy atom. The molecule has 1 amide bonds. The first-order chi connectivity index (χ1) is 11.7. The Kier molecular flexibility index (Phi) is 3.76. The summed E-state index contributed by atoms with van der Waals surface area (Å²) in [6, 6.07) is 14.6. The van der Waals surface area contributed by atoms with Crippen LogP contribution in [0.15, 0.2) is 53.7 Å². The zero-order valence-corrected chi connectivity index (χ0v) is 13.1. The minimum absolute atomic E-state index is 0.0837. The molecule has 1 unspecified atom stereocenters. The minimum Gasteiger partial charge on any atom is -0.382 e. The maximum atomic E-state index is 13.9. The first-order valence-corrected chi connectivity index (χ1v) is 8.05. The molecule has 0 aliphatic carbocycles. The second-order valence-electron chi connectivity index (χ2n) is 6.09. The smallest absolute Gasteiger partial charge is 0.267 e. The number of carbonyl (C=O) groups excluding carboxylic acids is 1. The van der Waals surface area contributed by atoms with Gasteiger partial charge in [0.05, 0.1) is 5.71 Å². The van der Waals surface area contributed by atoms with Crippen molar-refractivity contribution in [1.29, 1.82) is 0 Å². The van der Waals surface area contributed by atoms with Crippen molar-refractivity contribution >= 4 is 11.6 Å². The zero-order valence-electron chi connectivity index (χ0n) is 13.1. The first-order valence-electron chi connectivity index (χ1n) is 8.05. The molecule has 2 aromatic carbocycles. The largest absolute Gasteiger partial charge is 0.382 e. The Balaban J connectivity index is 1.45. The van der Waals surface area contributed by atoms with Gasteiger partial charge in [0, 0.05) is 25.1 Å². The van der Waals surface area contributed by atoms with Crippen LogP contribution in [0.2, 0.25) is 0 Å². The minimum atomic E-state index is -0.662. The second kappa shape index (κ2) is 6.07. The van der Waals surface area contributed by atoms with Crippen molar-refractivity contribution in [3.63, 3.8) is 0 Å².